The van der Waals surface area contributed by atoms with Crippen LogP contribution in [0.2, 0.25) is 0 Å². The quantitative estimate of drug-likeness (QED) is 0.831. The molecule has 116 valence electrons. The van der Waals surface area contributed by atoms with E-state index in [4.69, 9.17) is 9.47 Å². The van der Waals surface area contributed by atoms with Crippen LogP contribution in [0.4, 0.5) is 0 Å². The molecule has 0 bridgehead atoms. The Morgan fingerprint density at radius 2 is 1.76 bits per heavy atom. The molecule has 1 fully saturated rings. The van der Waals surface area contributed by atoms with E-state index >= 15 is 0 Å². The molecule has 0 spiro atoms. The number of methoxy groups -OCH3 is 2. The summed E-state index contributed by atoms with van der Waals surface area (Å²) in [5.41, 5.74) is 0.650. The second-order valence-electron chi connectivity index (χ2n) is 5.20. The number of piperazine rings is 1. The molecule has 5 nitrogen and oxygen atoms in total. The van der Waals surface area contributed by atoms with Gasteiger partial charge in [-0.05, 0) is 31.2 Å². The fraction of sp³-hybridized carbons (Fsp3) is 0.562. The molecule has 0 atom stereocenters. The number of ether oxygens (including phenoxy) is 2. The van der Waals surface area contributed by atoms with Crippen molar-refractivity contribution in [1.82, 2.24) is 9.80 Å². The van der Waals surface area contributed by atoms with Gasteiger partial charge < -0.3 is 14.4 Å². The van der Waals surface area contributed by atoms with Gasteiger partial charge in [-0.15, -0.1) is 0 Å². The van der Waals surface area contributed by atoms with Crippen LogP contribution in [-0.4, -0.2) is 62.7 Å². The summed E-state index contributed by atoms with van der Waals surface area (Å²) in [5.74, 6) is 1.29. The molecule has 1 aliphatic heterocycles. The lowest BCUT2D eigenvalue weighted by Gasteiger charge is -2.34. The topological polar surface area (TPSA) is 42.0 Å². The Bertz CT molecular complexity index is 482. The average Bonchev–Trinajstić information content (AvgIpc) is 2.54. The SMILES string of the molecule is CCCN1CCN(C(=O)c2ccc(OC)c(OC)c2)CC1. The zero-order valence-corrected chi connectivity index (χ0v) is 13.1. The van der Waals surface area contributed by atoms with E-state index in [0.717, 1.165) is 39.1 Å². The molecule has 0 radical (unpaired) electrons. The minimum Gasteiger partial charge on any atom is -0.493 e. The van der Waals surface area contributed by atoms with Crippen molar-refractivity contribution < 1.29 is 14.3 Å². The van der Waals surface area contributed by atoms with E-state index in [1.165, 1.54) is 0 Å². The minimum atomic E-state index is 0.0621. The third-order valence-electron chi connectivity index (χ3n) is 3.83. The number of amides is 1. The fourth-order valence-electron chi connectivity index (χ4n) is 2.64. The van der Waals surface area contributed by atoms with Gasteiger partial charge >= 0.3 is 0 Å². The molecular formula is C16H24N2O3. The third-order valence-corrected chi connectivity index (χ3v) is 3.83. The van der Waals surface area contributed by atoms with Crippen LogP contribution >= 0.6 is 0 Å². The lowest BCUT2D eigenvalue weighted by atomic mass is 10.1. The monoisotopic (exact) mass is 292 g/mol. The van der Waals surface area contributed by atoms with Crippen LogP contribution in [-0.2, 0) is 0 Å². The van der Waals surface area contributed by atoms with Crippen LogP contribution < -0.4 is 9.47 Å². The van der Waals surface area contributed by atoms with Crippen molar-refractivity contribution in [3.05, 3.63) is 23.8 Å². The highest BCUT2D eigenvalue weighted by atomic mass is 16.5. The van der Waals surface area contributed by atoms with Crippen LogP contribution in [0.5, 0.6) is 11.5 Å². The molecule has 0 aliphatic carbocycles. The molecule has 1 saturated heterocycles. The first-order valence-corrected chi connectivity index (χ1v) is 7.43. The summed E-state index contributed by atoms with van der Waals surface area (Å²) in [7, 11) is 3.17. The van der Waals surface area contributed by atoms with Gasteiger partial charge in [0.2, 0.25) is 0 Å². The number of carbonyl (C=O) groups is 1. The molecule has 2 rings (SSSR count). The average molecular weight is 292 g/mol. The molecule has 0 saturated carbocycles. The molecular weight excluding hydrogens is 268 g/mol. The van der Waals surface area contributed by atoms with Gasteiger partial charge in [0.05, 0.1) is 14.2 Å². The standard InChI is InChI=1S/C16H24N2O3/c1-4-7-17-8-10-18(11-9-17)16(19)13-5-6-14(20-2)15(12-13)21-3/h5-6,12H,4,7-11H2,1-3H3. The number of hydrogen-bond acceptors (Lipinski definition) is 4. The number of hydrogen-bond donors (Lipinski definition) is 0. The summed E-state index contributed by atoms with van der Waals surface area (Å²) in [4.78, 5) is 16.9. The maximum atomic E-state index is 12.5. The summed E-state index contributed by atoms with van der Waals surface area (Å²) in [6, 6.07) is 5.32. The van der Waals surface area contributed by atoms with Crippen molar-refractivity contribution in [2.75, 3.05) is 46.9 Å². The van der Waals surface area contributed by atoms with Gasteiger partial charge in [0.1, 0.15) is 0 Å². The molecule has 1 amide bonds. The zero-order valence-electron chi connectivity index (χ0n) is 13.1. The molecule has 0 unspecified atom stereocenters. The van der Waals surface area contributed by atoms with Crippen molar-refractivity contribution in [2.45, 2.75) is 13.3 Å². The lowest BCUT2D eigenvalue weighted by molar-refractivity contribution is 0.0637. The molecule has 0 aromatic heterocycles. The zero-order chi connectivity index (χ0) is 15.2. The first-order chi connectivity index (χ1) is 10.2. The van der Waals surface area contributed by atoms with Crippen molar-refractivity contribution in [2.24, 2.45) is 0 Å². The number of carbonyl (C=O) groups excluding carboxylic acids is 1. The fourth-order valence-corrected chi connectivity index (χ4v) is 2.64. The smallest absolute Gasteiger partial charge is 0.254 e. The number of nitrogens with zero attached hydrogens (tertiary/aromatic N) is 2. The van der Waals surface area contributed by atoms with Crippen LogP contribution in [0.25, 0.3) is 0 Å². The summed E-state index contributed by atoms with van der Waals surface area (Å²) < 4.78 is 10.5. The highest BCUT2D eigenvalue weighted by Gasteiger charge is 2.22. The van der Waals surface area contributed by atoms with Crippen molar-refractivity contribution in [1.29, 1.82) is 0 Å². The van der Waals surface area contributed by atoms with Crippen LogP contribution in [0, 0.1) is 0 Å². The summed E-state index contributed by atoms with van der Waals surface area (Å²) in [6.07, 6.45) is 1.16. The Morgan fingerprint density at radius 1 is 1.10 bits per heavy atom. The van der Waals surface area contributed by atoms with E-state index in [1.807, 2.05) is 4.90 Å². The van der Waals surface area contributed by atoms with Crippen LogP contribution in [0.15, 0.2) is 18.2 Å². The van der Waals surface area contributed by atoms with Crippen LogP contribution in [0.1, 0.15) is 23.7 Å². The van der Waals surface area contributed by atoms with E-state index in [2.05, 4.69) is 11.8 Å². The molecule has 5 heteroatoms. The second kappa shape index (κ2) is 7.31. The Kier molecular flexibility index (Phi) is 5.44. The Labute approximate surface area is 126 Å². The van der Waals surface area contributed by atoms with Crippen molar-refractivity contribution >= 4 is 5.91 Å². The molecule has 1 aliphatic rings. The highest BCUT2D eigenvalue weighted by Crippen LogP contribution is 2.28. The summed E-state index contributed by atoms with van der Waals surface area (Å²) in [5, 5.41) is 0. The molecule has 1 aromatic rings. The van der Waals surface area contributed by atoms with Gasteiger partial charge in [-0.3, -0.25) is 9.69 Å². The van der Waals surface area contributed by atoms with E-state index < -0.39 is 0 Å². The normalized spacial score (nSPS) is 15.9. The summed E-state index contributed by atoms with van der Waals surface area (Å²) >= 11 is 0. The van der Waals surface area contributed by atoms with Crippen molar-refractivity contribution in [3.8, 4) is 11.5 Å². The maximum Gasteiger partial charge on any atom is 0.254 e. The van der Waals surface area contributed by atoms with Gasteiger partial charge in [0.15, 0.2) is 11.5 Å². The molecule has 1 heterocycles. The van der Waals surface area contributed by atoms with Gasteiger partial charge in [0.25, 0.3) is 5.91 Å². The van der Waals surface area contributed by atoms with E-state index in [-0.39, 0.29) is 5.91 Å². The molecule has 1 aromatic carbocycles. The predicted octanol–water partition coefficient (Wildman–Crippen LogP) is 1.87. The lowest BCUT2D eigenvalue weighted by Crippen LogP contribution is -2.48. The van der Waals surface area contributed by atoms with E-state index in [9.17, 15) is 4.79 Å². The predicted molar refractivity (Wildman–Crippen MR) is 82.2 cm³/mol. The van der Waals surface area contributed by atoms with Gasteiger partial charge in [-0.1, -0.05) is 6.92 Å². The Hall–Kier alpha value is -1.75. The van der Waals surface area contributed by atoms with Gasteiger partial charge in [0, 0.05) is 31.7 Å². The third kappa shape index (κ3) is 3.67. The van der Waals surface area contributed by atoms with Crippen molar-refractivity contribution in [3.63, 3.8) is 0 Å². The highest BCUT2D eigenvalue weighted by molar-refractivity contribution is 5.95. The van der Waals surface area contributed by atoms with E-state index in [1.54, 1.807) is 32.4 Å². The Balaban J connectivity index is 2.04. The summed E-state index contributed by atoms with van der Waals surface area (Å²) in [6.45, 7) is 6.76. The van der Waals surface area contributed by atoms with Gasteiger partial charge in [-0.2, -0.15) is 0 Å². The second-order valence-corrected chi connectivity index (χ2v) is 5.20. The minimum absolute atomic E-state index is 0.0621. The first-order valence-electron chi connectivity index (χ1n) is 7.43. The van der Waals surface area contributed by atoms with Crippen LogP contribution in [0.3, 0.4) is 0 Å². The van der Waals surface area contributed by atoms with E-state index in [0.29, 0.717) is 17.1 Å². The largest absolute Gasteiger partial charge is 0.493 e. The number of rotatable bonds is 5. The molecule has 0 N–H and O–H groups in total. The maximum absolute atomic E-state index is 12.5. The Morgan fingerprint density at radius 3 is 2.33 bits per heavy atom. The number of benzene rings is 1. The van der Waals surface area contributed by atoms with Gasteiger partial charge in [-0.25, -0.2) is 0 Å². The first kappa shape index (κ1) is 15.6. The molecule has 21 heavy (non-hydrogen) atoms.